The van der Waals surface area contributed by atoms with Gasteiger partial charge in [-0.2, -0.15) is 0 Å². The molecule has 1 aromatic carbocycles. The number of fused-ring (bicyclic) bond motifs is 1. The lowest BCUT2D eigenvalue weighted by Crippen LogP contribution is -2.46. The SMILES string of the molecule is COCC(=O)Nc1ccc2c(c1)OC[C@H](C)N(Cc1cncnc1)C[C@@H](C)[C@H](OC)CN(C)C2=O. The minimum Gasteiger partial charge on any atom is -0.491 e. The van der Waals surface area contributed by atoms with Gasteiger partial charge in [0.15, 0.2) is 0 Å². The lowest BCUT2D eigenvalue weighted by molar-refractivity contribution is -0.119. The Labute approximate surface area is 206 Å². The molecule has 1 aliphatic heterocycles. The van der Waals surface area contributed by atoms with Gasteiger partial charge in [0.05, 0.1) is 11.7 Å². The van der Waals surface area contributed by atoms with Crippen molar-refractivity contribution in [1.29, 1.82) is 0 Å². The van der Waals surface area contributed by atoms with Crippen LogP contribution in [0.15, 0.2) is 36.9 Å². The Morgan fingerprint density at radius 2 is 1.94 bits per heavy atom. The molecule has 2 amide bonds. The quantitative estimate of drug-likeness (QED) is 0.663. The van der Waals surface area contributed by atoms with E-state index >= 15 is 0 Å². The zero-order valence-corrected chi connectivity index (χ0v) is 21.1. The topological polar surface area (TPSA) is 106 Å². The number of likely N-dealkylation sites (N-methyl/N-ethyl adjacent to an activating group) is 1. The number of carbonyl (C=O) groups excluding carboxylic acids is 2. The van der Waals surface area contributed by atoms with Crippen LogP contribution in [0.5, 0.6) is 5.75 Å². The Morgan fingerprint density at radius 3 is 2.63 bits per heavy atom. The summed E-state index contributed by atoms with van der Waals surface area (Å²) in [7, 11) is 4.89. The van der Waals surface area contributed by atoms with Crippen molar-refractivity contribution in [3.8, 4) is 5.75 Å². The van der Waals surface area contributed by atoms with Crippen molar-refractivity contribution in [2.45, 2.75) is 32.5 Å². The fourth-order valence-corrected chi connectivity index (χ4v) is 4.12. The van der Waals surface area contributed by atoms with Gasteiger partial charge < -0.3 is 24.4 Å². The fraction of sp³-hybridized carbons (Fsp3) is 0.520. The third kappa shape index (κ3) is 7.20. The van der Waals surface area contributed by atoms with Crippen LogP contribution in [0.4, 0.5) is 5.69 Å². The Morgan fingerprint density at radius 1 is 1.20 bits per heavy atom. The van der Waals surface area contributed by atoms with Crippen molar-refractivity contribution in [2.75, 3.05) is 52.9 Å². The Hall–Kier alpha value is -3.08. The minimum atomic E-state index is -0.286. The number of ether oxygens (including phenoxy) is 3. The average Bonchev–Trinajstić information content (AvgIpc) is 2.85. The summed E-state index contributed by atoms with van der Waals surface area (Å²) in [4.78, 5) is 37.5. The molecule has 0 saturated carbocycles. The molecule has 3 rings (SSSR count). The Kier molecular flexibility index (Phi) is 9.53. The van der Waals surface area contributed by atoms with Crippen LogP contribution in [0.1, 0.15) is 29.8 Å². The summed E-state index contributed by atoms with van der Waals surface area (Å²) in [5, 5.41) is 2.77. The number of hydrogen-bond donors (Lipinski definition) is 1. The van der Waals surface area contributed by atoms with Crippen LogP contribution >= 0.6 is 0 Å². The molecule has 10 nitrogen and oxygen atoms in total. The summed E-state index contributed by atoms with van der Waals surface area (Å²) in [6.45, 7) is 6.31. The molecule has 1 aromatic heterocycles. The van der Waals surface area contributed by atoms with Crippen molar-refractivity contribution in [2.24, 2.45) is 5.92 Å². The first-order valence-corrected chi connectivity index (χ1v) is 11.6. The second-order valence-corrected chi connectivity index (χ2v) is 8.97. The van der Waals surface area contributed by atoms with Crippen LogP contribution in [0.2, 0.25) is 0 Å². The van der Waals surface area contributed by atoms with Crippen molar-refractivity contribution in [3.05, 3.63) is 48.0 Å². The van der Waals surface area contributed by atoms with Gasteiger partial charge in [-0.3, -0.25) is 14.5 Å². The van der Waals surface area contributed by atoms with E-state index in [-0.39, 0.29) is 36.5 Å². The molecule has 0 spiro atoms. The molecular weight excluding hydrogens is 450 g/mol. The van der Waals surface area contributed by atoms with Crippen molar-refractivity contribution in [1.82, 2.24) is 19.8 Å². The molecule has 0 fully saturated rings. The van der Waals surface area contributed by atoms with E-state index in [1.807, 2.05) is 12.4 Å². The maximum atomic E-state index is 13.3. The second-order valence-electron chi connectivity index (χ2n) is 8.97. The molecule has 35 heavy (non-hydrogen) atoms. The molecule has 0 aliphatic carbocycles. The summed E-state index contributed by atoms with van der Waals surface area (Å²) < 4.78 is 16.9. The van der Waals surface area contributed by atoms with Gasteiger partial charge in [0.25, 0.3) is 5.91 Å². The first-order chi connectivity index (χ1) is 16.8. The number of nitrogens with one attached hydrogen (secondary N) is 1. The smallest absolute Gasteiger partial charge is 0.257 e. The zero-order chi connectivity index (χ0) is 25.4. The van der Waals surface area contributed by atoms with Crippen LogP contribution in [0, 0.1) is 5.92 Å². The summed E-state index contributed by atoms with van der Waals surface area (Å²) in [6.07, 6.45) is 4.99. The molecule has 1 aliphatic rings. The van der Waals surface area contributed by atoms with Gasteiger partial charge in [-0.25, -0.2) is 9.97 Å². The minimum absolute atomic E-state index is 0.0157. The van der Waals surface area contributed by atoms with E-state index in [9.17, 15) is 9.59 Å². The molecule has 0 unspecified atom stereocenters. The van der Waals surface area contributed by atoms with E-state index < -0.39 is 0 Å². The molecule has 2 heterocycles. The number of amides is 2. The number of aromatic nitrogens is 2. The monoisotopic (exact) mass is 485 g/mol. The van der Waals surface area contributed by atoms with Crippen molar-refractivity contribution >= 4 is 17.5 Å². The van der Waals surface area contributed by atoms with Gasteiger partial charge in [0, 0.05) is 76.7 Å². The third-order valence-electron chi connectivity index (χ3n) is 6.13. The van der Waals surface area contributed by atoms with Crippen LogP contribution < -0.4 is 10.1 Å². The van der Waals surface area contributed by atoms with Gasteiger partial charge in [0.1, 0.15) is 25.3 Å². The molecule has 0 saturated heterocycles. The largest absolute Gasteiger partial charge is 0.491 e. The molecule has 10 heteroatoms. The maximum absolute atomic E-state index is 13.3. The number of benzene rings is 1. The first kappa shape index (κ1) is 26.5. The van der Waals surface area contributed by atoms with Crippen molar-refractivity contribution < 1.29 is 23.8 Å². The Balaban J connectivity index is 1.92. The molecule has 1 N–H and O–H groups in total. The van der Waals surface area contributed by atoms with Crippen molar-refractivity contribution in [3.63, 3.8) is 0 Å². The van der Waals surface area contributed by atoms with Crippen LogP contribution in [-0.4, -0.2) is 91.3 Å². The Bertz CT molecular complexity index is 989. The van der Waals surface area contributed by atoms with Gasteiger partial charge >= 0.3 is 0 Å². The highest BCUT2D eigenvalue weighted by Crippen LogP contribution is 2.27. The summed E-state index contributed by atoms with van der Waals surface area (Å²) >= 11 is 0. The summed E-state index contributed by atoms with van der Waals surface area (Å²) in [5.74, 6) is 0.107. The fourth-order valence-electron chi connectivity index (χ4n) is 4.12. The number of carbonyl (C=O) groups is 2. The van der Waals surface area contributed by atoms with Gasteiger partial charge in [-0.1, -0.05) is 6.92 Å². The van der Waals surface area contributed by atoms with Gasteiger partial charge in [0.2, 0.25) is 5.91 Å². The average molecular weight is 486 g/mol. The first-order valence-electron chi connectivity index (χ1n) is 11.6. The van der Waals surface area contributed by atoms with Gasteiger partial charge in [-0.15, -0.1) is 0 Å². The van der Waals surface area contributed by atoms with E-state index in [0.717, 1.165) is 12.1 Å². The highest BCUT2D eigenvalue weighted by Gasteiger charge is 2.28. The number of nitrogens with zero attached hydrogens (tertiary/aromatic N) is 4. The predicted octanol–water partition coefficient (Wildman–Crippen LogP) is 2.07. The predicted molar refractivity (Wildman–Crippen MR) is 131 cm³/mol. The lowest BCUT2D eigenvalue weighted by atomic mass is 10.0. The van der Waals surface area contributed by atoms with E-state index in [1.54, 1.807) is 37.3 Å². The molecule has 190 valence electrons. The van der Waals surface area contributed by atoms with Crippen LogP contribution in [-0.2, 0) is 20.8 Å². The molecule has 3 atom stereocenters. The molecule has 0 radical (unpaired) electrons. The second kappa shape index (κ2) is 12.6. The number of hydrogen-bond acceptors (Lipinski definition) is 8. The van der Waals surface area contributed by atoms with E-state index in [1.165, 1.54) is 13.4 Å². The zero-order valence-electron chi connectivity index (χ0n) is 21.1. The normalized spacial score (nSPS) is 21.9. The third-order valence-corrected chi connectivity index (χ3v) is 6.13. The van der Waals surface area contributed by atoms with Gasteiger partial charge in [-0.05, 0) is 25.0 Å². The highest BCUT2D eigenvalue weighted by atomic mass is 16.5. The molecular formula is C25H35N5O5. The maximum Gasteiger partial charge on any atom is 0.257 e. The molecule has 2 aromatic rings. The number of rotatable bonds is 6. The van der Waals surface area contributed by atoms with E-state index in [0.29, 0.717) is 36.7 Å². The van der Waals surface area contributed by atoms with E-state index in [2.05, 4.69) is 34.0 Å². The number of anilines is 1. The van der Waals surface area contributed by atoms with Crippen LogP contribution in [0.3, 0.4) is 0 Å². The highest BCUT2D eigenvalue weighted by molar-refractivity contribution is 5.98. The lowest BCUT2D eigenvalue weighted by Gasteiger charge is -2.36. The standard InChI is InChI=1S/C25H35N5O5/c1-17-11-30(12-19-9-26-16-27-10-19)18(2)14-35-22-8-20(28-24(31)15-33-4)6-7-21(22)25(32)29(3)13-23(17)34-5/h6-10,16-18,23H,11-15H2,1-5H3,(H,28,31)/t17-,18+,23-/m1/s1. The summed E-state index contributed by atoms with van der Waals surface area (Å²) in [5.41, 5.74) is 1.96. The van der Waals surface area contributed by atoms with E-state index in [4.69, 9.17) is 14.2 Å². The molecule has 0 bridgehead atoms. The number of methoxy groups -OCH3 is 2. The van der Waals surface area contributed by atoms with Crippen LogP contribution in [0.25, 0.3) is 0 Å². The summed E-state index contributed by atoms with van der Waals surface area (Å²) in [6, 6.07) is 5.06.